The number of ether oxygens (including phenoxy) is 1. The Morgan fingerprint density at radius 2 is 1.69 bits per heavy atom. The van der Waals surface area contributed by atoms with Gasteiger partial charge in [-0.1, -0.05) is 0 Å². The average molecular weight is 539 g/mol. The second-order valence-electron chi connectivity index (χ2n) is 8.79. The van der Waals surface area contributed by atoms with E-state index in [4.69, 9.17) is 4.74 Å². The van der Waals surface area contributed by atoms with Gasteiger partial charge in [0.05, 0.1) is 47.7 Å². The molecule has 0 spiro atoms. The molecule has 1 saturated heterocycles. The van der Waals surface area contributed by atoms with Gasteiger partial charge >= 0.3 is 12.2 Å². The highest BCUT2D eigenvalue weighted by molar-refractivity contribution is 6.11. The molecule has 1 unspecified atom stereocenters. The molecule has 2 heterocycles. The minimum atomic E-state index is -4.51. The number of fused-ring (bicyclic) bond motifs is 1. The monoisotopic (exact) mass is 539 g/mol. The first-order valence-electron chi connectivity index (χ1n) is 11.8. The van der Waals surface area contributed by atoms with E-state index >= 15 is 0 Å². The van der Waals surface area contributed by atoms with Gasteiger partial charge in [-0.3, -0.25) is 9.78 Å². The van der Waals surface area contributed by atoms with Gasteiger partial charge in [-0.05, 0) is 60.7 Å². The van der Waals surface area contributed by atoms with Crippen LogP contribution >= 0.6 is 0 Å². The third-order valence-electron chi connectivity index (χ3n) is 5.99. The SMILES string of the molecule is O=C(Nc1ccc(C(F)(F)F)cc1)Nc1cc(F)cc(C(=O)c2ccc3nc(C4COCCN4)cnc3c2)c1. The second kappa shape index (κ2) is 10.8. The third-order valence-corrected chi connectivity index (χ3v) is 5.99. The van der Waals surface area contributed by atoms with Crippen LogP contribution in [0.15, 0.2) is 66.9 Å². The zero-order chi connectivity index (χ0) is 27.6. The van der Waals surface area contributed by atoms with E-state index in [1.54, 1.807) is 24.4 Å². The van der Waals surface area contributed by atoms with Gasteiger partial charge in [0.15, 0.2) is 5.78 Å². The Morgan fingerprint density at radius 1 is 0.923 bits per heavy atom. The van der Waals surface area contributed by atoms with Crippen LogP contribution in [0.5, 0.6) is 0 Å². The van der Waals surface area contributed by atoms with Gasteiger partial charge < -0.3 is 20.7 Å². The Labute approximate surface area is 219 Å². The van der Waals surface area contributed by atoms with Crippen LogP contribution in [0.3, 0.4) is 0 Å². The van der Waals surface area contributed by atoms with Crippen LogP contribution in [0.2, 0.25) is 0 Å². The molecule has 1 atom stereocenters. The molecule has 2 amide bonds. The highest BCUT2D eigenvalue weighted by atomic mass is 19.4. The summed E-state index contributed by atoms with van der Waals surface area (Å²) in [5.74, 6) is -1.27. The van der Waals surface area contributed by atoms with E-state index in [9.17, 15) is 27.2 Å². The lowest BCUT2D eigenvalue weighted by molar-refractivity contribution is -0.137. The number of benzene rings is 3. The number of alkyl halides is 3. The molecule has 3 aromatic carbocycles. The predicted octanol–water partition coefficient (Wildman–Crippen LogP) is 5.32. The van der Waals surface area contributed by atoms with Gasteiger partial charge in [0, 0.05) is 29.0 Å². The number of amides is 2. The first kappa shape index (κ1) is 26.2. The fourth-order valence-corrected chi connectivity index (χ4v) is 4.09. The maximum Gasteiger partial charge on any atom is 0.416 e. The largest absolute Gasteiger partial charge is 0.416 e. The zero-order valence-corrected chi connectivity index (χ0v) is 20.2. The van der Waals surface area contributed by atoms with Crippen LogP contribution < -0.4 is 16.0 Å². The van der Waals surface area contributed by atoms with Crippen LogP contribution in [0.4, 0.5) is 33.7 Å². The van der Waals surface area contributed by atoms with Gasteiger partial charge in [0.1, 0.15) is 5.82 Å². The Balaban J connectivity index is 1.30. The van der Waals surface area contributed by atoms with Crippen LogP contribution in [0.1, 0.15) is 33.2 Å². The molecule has 1 aliphatic rings. The van der Waals surface area contributed by atoms with Crippen molar-refractivity contribution in [3.8, 4) is 0 Å². The zero-order valence-electron chi connectivity index (χ0n) is 20.2. The molecule has 0 radical (unpaired) electrons. The Morgan fingerprint density at radius 3 is 2.41 bits per heavy atom. The summed E-state index contributed by atoms with van der Waals surface area (Å²) < 4.78 is 58.0. The number of nitrogens with zero attached hydrogens (tertiary/aromatic N) is 2. The molecule has 0 bridgehead atoms. The molecule has 3 N–H and O–H groups in total. The van der Waals surface area contributed by atoms with E-state index in [-0.39, 0.29) is 28.5 Å². The van der Waals surface area contributed by atoms with Crippen molar-refractivity contribution in [3.05, 3.63) is 95.1 Å². The van der Waals surface area contributed by atoms with Crippen molar-refractivity contribution in [3.63, 3.8) is 0 Å². The first-order valence-corrected chi connectivity index (χ1v) is 11.8. The number of carbonyl (C=O) groups is 2. The van der Waals surface area contributed by atoms with Crippen LogP contribution in [-0.2, 0) is 10.9 Å². The molecule has 8 nitrogen and oxygen atoms in total. The number of urea groups is 1. The lowest BCUT2D eigenvalue weighted by Crippen LogP contribution is -2.35. The highest BCUT2D eigenvalue weighted by Crippen LogP contribution is 2.30. The van der Waals surface area contributed by atoms with Crippen molar-refractivity contribution in [2.45, 2.75) is 12.2 Å². The van der Waals surface area contributed by atoms with Crippen LogP contribution in [0.25, 0.3) is 11.0 Å². The van der Waals surface area contributed by atoms with Crippen molar-refractivity contribution < 1.29 is 31.9 Å². The molecule has 4 aromatic rings. The summed E-state index contributed by atoms with van der Waals surface area (Å²) in [6.07, 6.45) is -2.89. The first-order chi connectivity index (χ1) is 18.7. The fraction of sp³-hybridized carbons (Fsp3) is 0.185. The molecule has 12 heteroatoms. The molecule has 1 fully saturated rings. The van der Waals surface area contributed by atoms with Crippen molar-refractivity contribution >= 4 is 34.2 Å². The molecular formula is C27H21F4N5O3. The van der Waals surface area contributed by atoms with E-state index in [0.717, 1.165) is 42.1 Å². The normalized spacial score (nSPS) is 15.6. The summed E-state index contributed by atoms with van der Waals surface area (Å²) in [4.78, 5) is 34.5. The van der Waals surface area contributed by atoms with Gasteiger partial charge in [-0.25, -0.2) is 14.2 Å². The van der Waals surface area contributed by atoms with Gasteiger partial charge in [-0.15, -0.1) is 0 Å². The van der Waals surface area contributed by atoms with Gasteiger partial charge in [0.2, 0.25) is 0 Å². The summed E-state index contributed by atoms with van der Waals surface area (Å²) in [6, 6.07) is 11.0. The topological polar surface area (TPSA) is 105 Å². The summed E-state index contributed by atoms with van der Waals surface area (Å²) in [5, 5.41) is 8.06. The van der Waals surface area contributed by atoms with Crippen molar-refractivity contribution in [1.29, 1.82) is 0 Å². The number of rotatable bonds is 5. The lowest BCUT2D eigenvalue weighted by atomic mass is 10.0. The van der Waals surface area contributed by atoms with E-state index in [1.165, 1.54) is 6.07 Å². The smallest absolute Gasteiger partial charge is 0.378 e. The molecule has 0 aliphatic carbocycles. The average Bonchev–Trinajstić information content (AvgIpc) is 2.92. The lowest BCUT2D eigenvalue weighted by Gasteiger charge is -2.23. The highest BCUT2D eigenvalue weighted by Gasteiger charge is 2.30. The van der Waals surface area contributed by atoms with Crippen LogP contribution in [0, 0.1) is 5.82 Å². The van der Waals surface area contributed by atoms with Crippen LogP contribution in [-0.4, -0.2) is 41.5 Å². The van der Waals surface area contributed by atoms with E-state index in [2.05, 4.69) is 25.9 Å². The number of anilines is 2. The van der Waals surface area contributed by atoms with Gasteiger partial charge in [-0.2, -0.15) is 13.2 Å². The molecule has 39 heavy (non-hydrogen) atoms. The number of ketones is 1. The van der Waals surface area contributed by atoms with Crippen molar-refractivity contribution in [2.24, 2.45) is 0 Å². The van der Waals surface area contributed by atoms with E-state index in [0.29, 0.717) is 30.8 Å². The Kier molecular flexibility index (Phi) is 7.22. The number of hydrogen-bond acceptors (Lipinski definition) is 6. The minimum Gasteiger partial charge on any atom is -0.378 e. The van der Waals surface area contributed by atoms with Crippen molar-refractivity contribution in [1.82, 2.24) is 15.3 Å². The predicted molar refractivity (Wildman–Crippen MR) is 135 cm³/mol. The maximum absolute atomic E-state index is 14.3. The van der Waals surface area contributed by atoms with Crippen molar-refractivity contribution in [2.75, 3.05) is 30.4 Å². The summed E-state index contributed by atoms with van der Waals surface area (Å²) in [7, 11) is 0. The quantitative estimate of drug-likeness (QED) is 0.234. The number of morpholine rings is 1. The second-order valence-corrected chi connectivity index (χ2v) is 8.79. The molecule has 0 saturated carbocycles. The summed E-state index contributed by atoms with van der Waals surface area (Å²) in [5.41, 5.74) is 1.22. The number of aromatic nitrogens is 2. The molecule has 5 rings (SSSR count). The third kappa shape index (κ3) is 6.19. The molecule has 200 valence electrons. The molecule has 1 aliphatic heterocycles. The summed E-state index contributed by atoms with van der Waals surface area (Å²) >= 11 is 0. The Bertz CT molecular complexity index is 1540. The fourth-order valence-electron chi connectivity index (χ4n) is 4.09. The van der Waals surface area contributed by atoms with Gasteiger partial charge in [0.25, 0.3) is 0 Å². The number of hydrogen-bond donors (Lipinski definition) is 3. The molecular weight excluding hydrogens is 518 g/mol. The number of carbonyl (C=O) groups excluding carboxylic acids is 2. The minimum absolute atomic E-state index is 0.0183. The summed E-state index contributed by atoms with van der Waals surface area (Å²) in [6.45, 7) is 1.82. The Hall–Kier alpha value is -4.42. The standard InChI is InChI=1S/C27H21F4N5O3/c28-18-9-16(10-20(12-18)35-26(38)34-19-4-2-17(3-5-19)27(29,30)31)25(37)15-1-6-21-22(11-15)33-13-23(36-21)24-14-39-8-7-32-24/h1-6,9-13,24,32H,7-8,14H2,(H2,34,35,38). The van der Waals surface area contributed by atoms with E-state index in [1.807, 2.05) is 0 Å². The number of halogens is 4. The number of nitrogens with one attached hydrogen (secondary N) is 3. The van der Waals surface area contributed by atoms with E-state index < -0.39 is 29.4 Å². The molecule has 1 aromatic heterocycles. The maximum atomic E-state index is 14.3.